The van der Waals surface area contributed by atoms with Crippen molar-refractivity contribution in [3.63, 3.8) is 0 Å². The molecule has 108 valence electrons. The minimum absolute atomic E-state index is 0.553. The van der Waals surface area contributed by atoms with E-state index in [0.717, 1.165) is 0 Å². The Morgan fingerprint density at radius 1 is 0.650 bits per heavy atom. The molecule has 2 aromatic rings. The predicted octanol–water partition coefficient (Wildman–Crippen LogP) is 4.64. The van der Waals surface area contributed by atoms with Gasteiger partial charge in [-0.1, -0.05) is 13.8 Å². The molecule has 0 radical (unpaired) electrons. The average molecular weight is 270 g/mol. The maximum absolute atomic E-state index is 2.34. The molecule has 0 aliphatic heterocycles. The van der Waals surface area contributed by atoms with Crippen molar-refractivity contribution < 1.29 is 4.57 Å². The van der Waals surface area contributed by atoms with Gasteiger partial charge in [-0.25, -0.2) is 4.57 Å². The Hall–Kier alpha value is -1.37. The Morgan fingerprint density at radius 3 is 1.70 bits per heavy atom. The highest BCUT2D eigenvalue weighted by Crippen LogP contribution is 2.37. The smallest absolute Gasteiger partial charge is 0.186 e. The fourth-order valence-electron chi connectivity index (χ4n) is 3.60. The first kappa shape index (κ1) is 15.0. The molecule has 0 bridgehead atoms. The van der Waals surface area contributed by atoms with Crippen LogP contribution in [0.2, 0.25) is 0 Å². The molecule has 2 rings (SSSR count). The van der Waals surface area contributed by atoms with Gasteiger partial charge < -0.3 is 0 Å². The van der Waals surface area contributed by atoms with Gasteiger partial charge in [-0.3, -0.25) is 0 Å². The number of rotatable bonds is 1. The largest absolute Gasteiger partial charge is 0.202 e. The fourth-order valence-corrected chi connectivity index (χ4v) is 3.60. The van der Waals surface area contributed by atoms with E-state index < -0.39 is 0 Å². The predicted molar refractivity (Wildman–Crippen MR) is 87.6 cm³/mol. The van der Waals surface area contributed by atoms with Crippen molar-refractivity contribution in [2.45, 2.75) is 61.3 Å². The SMILES string of the molecule is Cc1c(C)c(C(C)C)c2c(C)[n+](C)c(C)c(C)c2c1C. The zero-order valence-electron chi connectivity index (χ0n) is 14.5. The van der Waals surface area contributed by atoms with Crippen molar-refractivity contribution >= 4 is 10.8 Å². The highest BCUT2D eigenvalue weighted by Gasteiger charge is 2.24. The molecule has 1 heterocycles. The van der Waals surface area contributed by atoms with Crippen molar-refractivity contribution in [1.82, 2.24) is 0 Å². The summed E-state index contributed by atoms with van der Waals surface area (Å²) in [6, 6.07) is 0. The summed E-state index contributed by atoms with van der Waals surface area (Å²) < 4.78 is 2.34. The average Bonchev–Trinajstić information content (AvgIpc) is 2.39. The van der Waals surface area contributed by atoms with Gasteiger partial charge in [0.05, 0.1) is 5.39 Å². The number of nitrogens with zero attached hydrogens (tertiary/aromatic N) is 1. The summed E-state index contributed by atoms with van der Waals surface area (Å²) >= 11 is 0. The van der Waals surface area contributed by atoms with Crippen LogP contribution in [-0.4, -0.2) is 0 Å². The first-order valence-electron chi connectivity index (χ1n) is 7.59. The number of benzene rings is 1. The molecule has 0 saturated heterocycles. The van der Waals surface area contributed by atoms with Crippen molar-refractivity contribution in [3.8, 4) is 0 Å². The number of fused-ring (bicyclic) bond motifs is 1. The molecule has 0 spiro atoms. The highest BCUT2D eigenvalue weighted by molar-refractivity contribution is 5.94. The lowest BCUT2D eigenvalue weighted by Gasteiger charge is -2.21. The number of hydrogen-bond donors (Lipinski definition) is 0. The van der Waals surface area contributed by atoms with Gasteiger partial charge in [0.25, 0.3) is 0 Å². The third-order valence-electron chi connectivity index (χ3n) is 5.29. The number of pyridine rings is 1. The first-order chi connectivity index (χ1) is 9.20. The molecule has 1 nitrogen and oxygen atoms in total. The fraction of sp³-hybridized carbons (Fsp3) is 0.526. The lowest BCUT2D eigenvalue weighted by atomic mass is 9.84. The summed E-state index contributed by atoms with van der Waals surface area (Å²) in [6.45, 7) is 18.2. The van der Waals surface area contributed by atoms with E-state index in [2.05, 4.69) is 67.0 Å². The van der Waals surface area contributed by atoms with Gasteiger partial charge in [0.2, 0.25) is 0 Å². The van der Waals surface area contributed by atoms with Gasteiger partial charge in [0, 0.05) is 24.8 Å². The van der Waals surface area contributed by atoms with E-state index in [-0.39, 0.29) is 0 Å². The van der Waals surface area contributed by atoms with Gasteiger partial charge in [-0.05, 0) is 55.9 Å². The molecule has 0 aliphatic rings. The monoisotopic (exact) mass is 270 g/mol. The molecule has 0 fully saturated rings. The van der Waals surface area contributed by atoms with Crippen LogP contribution in [0.25, 0.3) is 10.8 Å². The normalized spacial score (nSPS) is 11.7. The van der Waals surface area contributed by atoms with Crippen LogP contribution >= 0.6 is 0 Å². The van der Waals surface area contributed by atoms with Gasteiger partial charge in [-0.2, -0.15) is 0 Å². The molecule has 1 aromatic heterocycles. The van der Waals surface area contributed by atoms with E-state index in [1.165, 1.54) is 50.0 Å². The Kier molecular flexibility index (Phi) is 3.66. The molecule has 0 amide bonds. The van der Waals surface area contributed by atoms with E-state index in [9.17, 15) is 0 Å². The van der Waals surface area contributed by atoms with Crippen LogP contribution in [0.5, 0.6) is 0 Å². The zero-order chi connectivity index (χ0) is 15.4. The molecule has 0 N–H and O–H groups in total. The van der Waals surface area contributed by atoms with Crippen LogP contribution in [0.4, 0.5) is 0 Å². The maximum atomic E-state index is 2.34. The van der Waals surface area contributed by atoms with Crippen LogP contribution in [0.15, 0.2) is 0 Å². The van der Waals surface area contributed by atoms with Crippen LogP contribution in [0.3, 0.4) is 0 Å². The third-order valence-corrected chi connectivity index (χ3v) is 5.29. The first-order valence-corrected chi connectivity index (χ1v) is 7.59. The lowest BCUT2D eigenvalue weighted by molar-refractivity contribution is -0.682. The van der Waals surface area contributed by atoms with E-state index in [4.69, 9.17) is 0 Å². The molecule has 1 heteroatoms. The van der Waals surface area contributed by atoms with E-state index in [1.807, 2.05) is 0 Å². The number of hydrogen-bond acceptors (Lipinski definition) is 0. The Labute approximate surface area is 123 Å². The highest BCUT2D eigenvalue weighted by atomic mass is 14.9. The van der Waals surface area contributed by atoms with Gasteiger partial charge in [0.15, 0.2) is 11.4 Å². The summed E-state index contributed by atoms with van der Waals surface area (Å²) in [5.74, 6) is 0.553. The minimum Gasteiger partial charge on any atom is -0.202 e. The maximum Gasteiger partial charge on any atom is 0.186 e. The molecular formula is C19H28N+. The summed E-state index contributed by atoms with van der Waals surface area (Å²) in [5, 5.41) is 2.95. The molecule has 0 atom stereocenters. The molecular weight excluding hydrogens is 242 g/mol. The second-order valence-corrected chi connectivity index (χ2v) is 6.55. The summed E-state index contributed by atoms with van der Waals surface area (Å²) in [5.41, 5.74) is 10.1. The standard InChI is InChI=1S/C19H28N/c1-10(2)17-12(4)11(3)13(5)18-14(6)15(7)20(9)16(8)19(17)18/h10H,1-9H3/q+1. The molecule has 20 heavy (non-hydrogen) atoms. The Morgan fingerprint density at radius 2 is 1.20 bits per heavy atom. The van der Waals surface area contributed by atoms with Crippen LogP contribution in [0.1, 0.15) is 59.0 Å². The van der Waals surface area contributed by atoms with E-state index >= 15 is 0 Å². The molecule has 0 unspecified atom stereocenters. The Bertz CT molecular complexity index is 698. The molecule has 0 saturated carbocycles. The van der Waals surface area contributed by atoms with Gasteiger partial charge in [-0.15, -0.1) is 0 Å². The van der Waals surface area contributed by atoms with Crippen molar-refractivity contribution in [2.24, 2.45) is 7.05 Å². The van der Waals surface area contributed by atoms with Crippen LogP contribution in [-0.2, 0) is 7.05 Å². The van der Waals surface area contributed by atoms with Gasteiger partial charge >= 0.3 is 0 Å². The Balaban J connectivity index is 3.22. The van der Waals surface area contributed by atoms with Gasteiger partial charge in [0.1, 0.15) is 7.05 Å². The summed E-state index contributed by atoms with van der Waals surface area (Å²) in [7, 11) is 2.19. The second kappa shape index (κ2) is 4.87. The van der Waals surface area contributed by atoms with Crippen molar-refractivity contribution in [2.75, 3.05) is 0 Å². The molecule has 1 aromatic carbocycles. The second-order valence-electron chi connectivity index (χ2n) is 6.55. The zero-order valence-corrected chi connectivity index (χ0v) is 14.5. The lowest BCUT2D eigenvalue weighted by Crippen LogP contribution is -2.37. The van der Waals surface area contributed by atoms with Crippen molar-refractivity contribution in [3.05, 3.63) is 39.2 Å². The number of aryl methyl sites for hydroxylation is 3. The summed E-state index contributed by atoms with van der Waals surface area (Å²) in [4.78, 5) is 0. The number of aromatic nitrogens is 1. The van der Waals surface area contributed by atoms with E-state index in [0.29, 0.717) is 5.92 Å². The van der Waals surface area contributed by atoms with Crippen LogP contribution in [0, 0.1) is 41.5 Å². The van der Waals surface area contributed by atoms with Crippen LogP contribution < -0.4 is 4.57 Å². The third kappa shape index (κ3) is 1.87. The quantitative estimate of drug-likeness (QED) is 0.665. The van der Waals surface area contributed by atoms with E-state index in [1.54, 1.807) is 0 Å². The summed E-state index contributed by atoms with van der Waals surface area (Å²) in [6.07, 6.45) is 0. The molecule has 0 aliphatic carbocycles. The minimum atomic E-state index is 0.553. The van der Waals surface area contributed by atoms with Crippen molar-refractivity contribution in [1.29, 1.82) is 0 Å². The topological polar surface area (TPSA) is 3.88 Å².